The van der Waals surface area contributed by atoms with Gasteiger partial charge in [-0.2, -0.15) is 0 Å². The first-order valence-corrected chi connectivity index (χ1v) is 8.44. The van der Waals surface area contributed by atoms with Gasteiger partial charge < -0.3 is 19.4 Å². The summed E-state index contributed by atoms with van der Waals surface area (Å²) in [6, 6.07) is 3.31. The van der Waals surface area contributed by atoms with Gasteiger partial charge in [0.25, 0.3) is 5.91 Å². The summed E-state index contributed by atoms with van der Waals surface area (Å²) < 4.78 is 16.6. The molecule has 0 fully saturated rings. The van der Waals surface area contributed by atoms with Crippen molar-refractivity contribution in [3.63, 3.8) is 0 Å². The summed E-state index contributed by atoms with van der Waals surface area (Å²) in [5.74, 6) is -2.36. The van der Waals surface area contributed by atoms with E-state index in [4.69, 9.17) is 0 Å². The molecule has 0 radical (unpaired) electrons. The van der Waals surface area contributed by atoms with Crippen LogP contribution in [0.3, 0.4) is 0 Å². The number of carboxylic acids is 1. The number of aryl methyl sites for hydroxylation is 1. The number of hydrogen-bond acceptors (Lipinski definition) is 3. The molecule has 1 amide bonds. The zero-order valence-electron chi connectivity index (χ0n) is 13.6. The number of halogens is 2. The Hall–Kier alpha value is -1.15. The van der Waals surface area contributed by atoms with Crippen molar-refractivity contribution in [1.82, 2.24) is 9.47 Å². The largest absolute Gasteiger partial charge is 1.00 e. The Morgan fingerprint density at radius 3 is 2.84 bits per heavy atom. The summed E-state index contributed by atoms with van der Waals surface area (Å²) in [6.07, 6.45) is 3.54. The van der Waals surface area contributed by atoms with Gasteiger partial charge in [-0.15, -0.1) is 0 Å². The van der Waals surface area contributed by atoms with Crippen LogP contribution in [0, 0.1) is 5.82 Å². The van der Waals surface area contributed by atoms with Gasteiger partial charge in [0, 0.05) is 39.6 Å². The van der Waals surface area contributed by atoms with Crippen LogP contribution in [-0.2, 0) is 24.3 Å². The molecule has 2 aliphatic rings. The number of hydrogen-bond donors (Lipinski definition) is 0. The van der Waals surface area contributed by atoms with Crippen LogP contribution < -0.4 is 34.7 Å². The smallest absolute Gasteiger partial charge is 0.548 e. The maximum atomic E-state index is 14.1. The van der Waals surface area contributed by atoms with Gasteiger partial charge in [0.05, 0.1) is 18.6 Å². The van der Waals surface area contributed by atoms with Crippen LogP contribution in [0.1, 0.15) is 39.6 Å². The van der Waals surface area contributed by atoms with Crippen molar-refractivity contribution in [2.24, 2.45) is 0 Å². The first-order valence-electron chi connectivity index (χ1n) is 7.65. The minimum Gasteiger partial charge on any atom is -0.548 e. The molecule has 8 heteroatoms. The summed E-state index contributed by atoms with van der Waals surface area (Å²) >= 11 is 3.17. The van der Waals surface area contributed by atoms with Crippen LogP contribution in [0.25, 0.3) is 0 Å². The molecular formula is C17H13BrFN2NaO3. The van der Waals surface area contributed by atoms with E-state index < -0.39 is 23.7 Å². The van der Waals surface area contributed by atoms with Crippen LogP contribution in [0.2, 0.25) is 0 Å². The molecule has 0 unspecified atom stereocenters. The number of aliphatic carboxylic acids is 1. The number of fused-ring (bicyclic) bond motifs is 2. The number of aromatic nitrogens is 1. The third kappa shape index (κ3) is 2.97. The van der Waals surface area contributed by atoms with Crippen molar-refractivity contribution in [3.05, 3.63) is 57.1 Å². The summed E-state index contributed by atoms with van der Waals surface area (Å²) in [5.41, 5.74) is 1.90. The van der Waals surface area contributed by atoms with Gasteiger partial charge in [0.1, 0.15) is 5.82 Å². The fourth-order valence-corrected chi connectivity index (χ4v) is 4.10. The molecule has 25 heavy (non-hydrogen) atoms. The van der Waals surface area contributed by atoms with E-state index in [1.54, 1.807) is 6.07 Å². The Morgan fingerprint density at radius 1 is 1.36 bits per heavy atom. The molecule has 1 aromatic heterocycles. The van der Waals surface area contributed by atoms with Gasteiger partial charge >= 0.3 is 29.6 Å². The molecule has 0 bridgehead atoms. The molecule has 124 valence electrons. The molecule has 0 N–H and O–H groups in total. The Morgan fingerprint density at radius 2 is 2.12 bits per heavy atom. The normalized spacial score (nSPS) is 16.4. The number of amides is 1. The van der Waals surface area contributed by atoms with Crippen molar-refractivity contribution in [1.29, 1.82) is 0 Å². The molecule has 5 nitrogen and oxygen atoms in total. The van der Waals surface area contributed by atoms with E-state index >= 15 is 0 Å². The number of nitrogens with zero attached hydrogens (tertiary/aromatic N) is 2. The molecule has 3 heterocycles. The van der Waals surface area contributed by atoms with Gasteiger partial charge in [-0.3, -0.25) is 4.79 Å². The number of carbonyl (C=O) groups excluding carboxylic acids is 2. The van der Waals surface area contributed by atoms with E-state index in [0.717, 1.165) is 25.1 Å². The van der Waals surface area contributed by atoms with E-state index in [1.165, 1.54) is 17.0 Å². The number of rotatable bonds is 3. The van der Waals surface area contributed by atoms with E-state index in [2.05, 4.69) is 15.9 Å². The summed E-state index contributed by atoms with van der Waals surface area (Å²) in [5, 5.41) is 11.8. The Balaban J connectivity index is 0.00000182. The van der Waals surface area contributed by atoms with Crippen LogP contribution in [0.4, 0.5) is 4.39 Å². The molecule has 0 spiro atoms. The molecule has 0 saturated heterocycles. The summed E-state index contributed by atoms with van der Waals surface area (Å²) in [6.45, 7) is 0.765. The number of carboxylic acid groups (broad SMARTS) is 1. The van der Waals surface area contributed by atoms with Gasteiger partial charge in [-0.05, 0) is 31.0 Å². The third-order valence-electron chi connectivity index (χ3n) is 4.74. The third-order valence-corrected chi connectivity index (χ3v) is 5.19. The minimum absolute atomic E-state index is 0. The van der Waals surface area contributed by atoms with E-state index in [1.807, 2.05) is 10.8 Å². The Bertz CT molecular complexity index is 883. The first-order chi connectivity index (χ1) is 11.5. The Kier molecular flexibility index (Phi) is 5.12. The van der Waals surface area contributed by atoms with E-state index in [-0.39, 0.29) is 47.2 Å². The van der Waals surface area contributed by atoms with Crippen molar-refractivity contribution in [2.75, 3.05) is 0 Å². The first kappa shape index (κ1) is 18.6. The monoisotopic (exact) mass is 414 g/mol. The molecule has 4 rings (SSSR count). The quantitative estimate of drug-likeness (QED) is 0.591. The summed E-state index contributed by atoms with van der Waals surface area (Å²) in [7, 11) is 0. The van der Waals surface area contributed by atoms with Gasteiger partial charge in [0.15, 0.2) is 0 Å². The predicted molar refractivity (Wildman–Crippen MR) is 84.5 cm³/mol. The van der Waals surface area contributed by atoms with Gasteiger partial charge in [-0.25, -0.2) is 4.39 Å². The van der Waals surface area contributed by atoms with Crippen LogP contribution in [-0.4, -0.2) is 21.3 Å². The molecule has 2 aromatic rings. The fraction of sp³-hybridized carbons (Fsp3) is 0.294. The minimum atomic E-state index is -1.35. The molecule has 2 aliphatic heterocycles. The molecule has 0 aliphatic carbocycles. The second-order valence-corrected chi connectivity index (χ2v) is 7.00. The van der Waals surface area contributed by atoms with Crippen molar-refractivity contribution in [3.8, 4) is 0 Å². The summed E-state index contributed by atoms with van der Waals surface area (Å²) in [4.78, 5) is 25.7. The zero-order valence-corrected chi connectivity index (χ0v) is 17.2. The van der Waals surface area contributed by atoms with Crippen molar-refractivity contribution >= 4 is 27.8 Å². The average Bonchev–Trinajstić information content (AvgIpc) is 3.18. The molecule has 0 saturated carbocycles. The molecular weight excluding hydrogens is 402 g/mol. The standard InChI is InChI=1S/C17H14BrFN2O3.Na/c18-9-6-11-12(13(19)7-9)8-21(16(11)22)15(17(23)24)10-3-5-20-4-1-2-14(10)20;/h3,5-7,15H,1-2,4,8H2,(H,23,24);/q;+1/p-1/t15-;/m1./s1. The second kappa shape index (κ2) is 6.87. The zero-order chi connectivity index (χ0) is 17.0. The van der Waals surface area contributed by atoms with Crippen LogP contribution >= 0.6 is 15.9 Å². The van der Waals surface area contributed by atoms with Crippen molar-refractivity contribution < 1.29 is 48.6 Å². The van der Waals surface area contributed by atoms with E-state index in [0.29, 0.717) is 10.0 Å². The fourth-order valence-electron chi connectivity index (χ4n) is 3.67. The molecule has 1 aromatic carbocycles. The van der Waals surface area contributed by atoms with Gasteiger partial charge in [-0.1, -0.05) is 15.9 Å². The number of benzene rings is 1. The SMILES string of the molecule is O=C([O-])[C@@H](c1ccn2c1CCC2)N1Cc2c(F)cc(Br)cc2C1=O.[Na+]. The maximum absolute atomic E-state index is 14.1. The Labute approximate surface area is 174 Å². The van der Waals surface area contributed by atoms with E-state index in [9.17, 15) is 19.1 Å². The maximum Gasteiger partial charge on any atom is 1.00 e. The average molecular weight is 415 g/mol. The second-order valence-electron chi connectivity index (χ2n) is 6.08. The van der Waals surface area contributed by atoms with Crippen LogP contribution in [0.5, 0.6) is 0 Å². The topological polar surface area (TPSA) is 65.4 Å². The van der Waals surface area contributed by atoms with Gasteiger partial charge in [0.2, 0.25) is 0 Å². The van der Waals surface area contributed by atoms with Crippen LogP contribution in [0.15, 0.2) is 28.9 Å². The number of carbonyl (C=O) groups is 2. The van der Waals surface area contributed by atoms with Crippen molar-refractivity contribution in [2.45, 2.75) is 32.0 Å². The predicted octanol–water partition coefficient (Wildman–Crippen LogP) is -1.21. The molecule has 1 atom stereocenters.